The Balaban J connectivity index is 2.49. The van der Waals surface area contributed by atoms with Crippen LogP contribution in [0.3, 0.4) is 0 Å². The summed E-state index contributed by atoms with van der Waals surface area (Å²) in [6.45, 7) is 5.25. The van der Waals surface area contributed by atoms with Crippen molar-refractivity contribution in [3.8, 4) is 5.75 Å². The predicted octanol–water partition coefficient (Wildman–Crippen LogP) is 3.33. The number of hydrogen-bond acceptors (Lipinski definition) is 2. The van der Waals surface area contributed by atoms with E-state index in [1.165, 1.54) is 42.4 Å². The van der Waals surface area contributed by atoms with Crippen molar-refractivity contribution in [3.05, 3.63) is 28.3 Å². The Hall–Kier alpha value is -1.02. The van der Waals surface area contributed by atoms with Gasteiger partial charge in [0.05, 0.1) is 7.11 Å². The summed E-state index contributed by atoms with van der Waals surface area (Å²) in [5, 5.41) is 0. The molecule has 0 spiro atoms. The zero-order chi connectivity index (χ0) is 13.1. The van der Waals surface area contributed by atoms with Gasteiger partial charge in [0.2, 0.25) is 0 Å². The maximum absolute atomic E-state index is 5.71. The second kappa shape index (κ2) is 5.75. The van der Waals surface area contributed by atoms with E-state index >= 15 is 0 Å². The number of rotatable bonds is 4. The normalized spacial score (nSPS) is 16.2. The number of methoxy groups -OCH3 is 1. The van der Waals surface area contributed by atoms with Crippen LogP contribution in [0.25, 0.3) is 0 Å². The van der Waals surface area contributed by atoms with Crippen LogP contribution in [-0.2, 0) is 12.8 Å². The van der Waals surface area contributed by atoms with Gasteiger partial charge in [0, 0.05) is 5.56 Å². The number of fused-ring (bicyclic) bond motifs is 1. The zero-order valence-corrected chi connectivity index (χ0v) is 11.9. The van der Waals surface area contributed by atoms with Crippen LogP contribution in [0.1, 0.15) is 54.4 Å². The van der Waals surface area contributed by atoms with Crippen molar-refractivity contribution < 1.29 is 4.74 Å². The number of aryl methyl sites for hydroxylation is 1. The van der Waals surface area contributed by atoms with E-state index in [-0.39, 0.29) is 0 Å². The average Bonchev–Trinajstić information content (AvgIpc) is 2.38. The molecule has 1 unspecified atom stereocenters. The topological polar surface area (TPSA) is 35.2 Å². The first-order valence-corrected chi connectivity index (χ1v) is 7.08. The lowest BCUT2D eigenvalue weighted by atomic mass is 9.82. The lowest BCUT2D eigenvalue weighted by molar-refractivity contribution is 0.403. The first kappa shape index (κ1) is 13.4. The molecule has 1 aromatic carbocycles. The van der Waals surface area contributed by atoms with E-state index in [0.717, 1.165) is 18.7 Å². The maximum Gasteiger partial charge on any atom is 0.122 e. The first-order chi connectivity index (χ1) is 8.69. The van der Waals surface area contributed by atoms with E-state index in [2.05, 4.69) is 19.9 Å². The van der Waals surface area contributed by atoms with Gasteiger partial charge >= 0.3 is 0 Å². The molecule has 1 aliphatic rings. The predicted molar refractivity (Wildman–Crippen MR) is 76.5 cm³/mol. The minimum Gasteiger partial charge on any atom is -0.496 e. The van der Waals surface area contributed by atoms with Gasteiger partial charge in [-0.2, -0.15) is 0 Å². The fourth-order valence-corrected chi connectivity index (χ4v) is 3.28. The van der Waals surface area contributed by atoms with E-state index in [9.17, 15) is 0 Å². The molecule has 2 N–H and O–H groups in total. The third-order valence-electron chi connectivity index (χ3n) is 4.25. The molecule has 0 saturated carbocycles. The largest absolute Gasteiger partial charge is 0.496 e. The Kier molecular flexibility index (Phi) is 4.28. The van der Waals surface area contributed by atoms with Crippen LogP contribution in [0.4, 0.5) is 0 Å². The van der Waals surface area contributed by atoms with Crippen LogP contribution < -0.4 is 10.5 Å². The molecule has 0 saturated heterocycles. The Bertz CT molecular complexity index is 426. The smallest absolute Gasteiger partial charge is 0.122 e. The van der Waals surface area contributed by atoms with Gasteiger partial charge in [-0.05, 0) is 74.2 Å². The number of ether oxygens (including phenoxy) is 1. The van der Waals surface area contributed by atoms with Gasteiger partial charge in [-0.15, -0.1) is 0 Å². The average molecular weight is 247 g/mol. The molecular formula is C16H25NO. The highest BCUT2D eigenvalue weighted by Crippen LogP contribution is 2.38. The third kappa shape index (κ3) is 2.39. The van der Waals surface area contributed by atoms with Crippen LogP contribution in [0.5, 0.6) is 5.75 Å². The van der Waals surface area contributed by atoms with E-state index in [4.69, 9.17) is 10.5 Å². The minimum atomic E-state index is 0.483. The van der Waals surface area contributed by atoms with Gasteiger partial charge in [0.1, 0.15) is 5.75 Å². The monoisotopic (exact) mass is 247 g/mol. The lowest BCUT2D eigenvalue weighted by Crippen LogP contribution is -2.12. The summed E-state index contributed by atoms with van der Waals surface area (Å²) in [6, 6.07) is 2.27. The number of benzene rings is 1. The van der Waals surface area contributed by atoms with Crippen LogP contribution in [-0.4, -0.2) is 13.7 Å². The molecule has 100 valence electrons. The summed E-state index contributed by atoms with van der Waals surface area (Å²) in [6.07, 6.45) is 6.10. The summed E-state index contributed by atoms with van der Waals surface area (Å²) >= 11 is 0. The molecule has 0 aromatic heterocycles. The molecule has 2 nitrogen and oxygen atoms in total. The van der Waals surface area contributed by atoms with Crippen molar-refractivity contribution in [1.82, 2.24) is 0 Å². The molecule has 18 heavy (non-hydrogen) atoms. The van der Waals surface area contributed by atoms with Crippen molar-refractivity contribution in [2.45, 2.75) is 51.9 Å². The molecule has 2 heteroatoms. The molecule has 0 bridgehead atoms. The van der Waals surface area contributed by atoms with E-state index in [0.29, 0.717) is 5.92 Å². The van der Waals surface area contributed by atoms with Gasteiger partial charge in [-0.1, -0.05) is 6.92 Å². The van der Waals surface area contributed by atoms with Crippen LogP contribution in [0, 0.1) is 6.92 Å². The van der Waals surface area contributed by atoms with Gasteiger partial charge in [-0.3, -0.25) is 0 Å². The van der Waals surface area contributed by atoms with Crippen LogP contribution >= 0.6 is 0 Å². The van der Waals surface area contributed by atoms with Crippen molar-refractivity contribution in [1.29, 1.82) is 0 Å². The zero-order valence-electron chi connectivity index (χ0n) is 11.9. The molecule has 0 fully saturated rings. The SMILES string of the molecule is COc1cc2c(c(C)c1C(C)CCN)CCCC2. The molecule has 0 heterocycles. The van der Waals surface area contributed by atoms with Crippen molar-refractivity contribution >= 4 is 0 Å². The highest BCUT2D eigenvalue weighted by atomic mass is 16.5. The quantitative estimate of drug-likeness (QED) is 0.885. The molecule has 1 aliphatic carbocycles. The Labute approximate surface area is 111 Å². The minimum absolute atomic E-state index is 0.483. The number of nitrogens with two attached hydrogens (primary N) is 1. The Morgan fingerprint density at radius 1 is 1.33 bits per heavy atom. The summed E-state index contributed by atoms with van der Waals surface area (Å²) < 4.78 is 5.62. The van der Waals surface area contributed by atoms with Crippen molar-refractivity contribution in [2.24, 2.45) is 5.73 Å². The molecule has 1 aromatic rings. The second-order valence-corrected chi connectivity index (χ2v) is 5.44. The highest BCUT2D eigenvalue weighted by Gasteiger charge is 2.21. The summed E-state index contributed by atoms with van der Waals surface area (Å²) in [5.74, 6) is 1.55. The van der Waals surface area contributed by atoms with Gasteiger partial charge in [-0.25, -0.2) is 0 Å². The highest BCUT2D eigenvalue weighted by molar-refractivity contribution is 5.51. The van der Waals surface area contributed by atoms with Crippen LogP contribution in [0.15, 0.2) is 6.07 Å². The van der Waals surface area contributed by atoms with E-state index < -0.39 is 0 Å². The summed E-state index contributed by atoms with van der Waals surface area (Å²) in [7, 11) is 1.78. The second-order valence-electron chi connectivity index (χ2n) is 5.44. The Morgan fingerprint density at radius 2 is 2.06 bits per heavy atom. The van der Waals surface area contributed by atoms with E-state index in [1.54, 1.807) is 12.7 Å². The van der Waals surface area contributed by atoms with Gasteiger partial charge in [0.25, 0.3) is 0 Å². The van der Waals surface area contributed by atoms with Crippen molar-refractivity contribution in [3.63, 3.8) is 0 Å². The standard InChI is InChI=1S/C16H25NO/c1-11(8-9-17)16-12(2)14-7-5-4-6-13(14)10-15(16)18-3/h10-11H,4-9,17H2,1-3H3. The first-order valence-electron chi connectivity index (χ1n) is 7.08. The summed E-state index contributed by atoms with van der Waals surface area (Å²) in [5.41, 5.74) is 11.6. The van der Waals surface area contributed by atoms with Gasteiger partial charge in [0.15, 0.2) is 0 Å². The maximum atomic E-state index is 5.71. The van der Waals surface area contributed by atoms with E-state index in [1.807, 2.05) is 0 Å². The molecule has 1 atom stereocenters. The lowest BCUT2D eigenvalue weighted by Gasteiger charge is -2.25. The van der Waals surface area contributed by atoms with Crippen LogP contribution in [0.2, 0.25) is 0 Å². The third-order valence-corrected chi connectivity index (χ3v) is 4.25. The number of hydrogen-bond donors (Lipinski definition) is 1. The molecule has 0 radical (unpaired) electrons. The van der Waals surface area contributed by atoms with Crippen molar-refractivity contribution in [2.75, 3.05) is 13.7 Å². The molecule has 0 aliphatic heterocycles. The molecule has 0 amide bonds. The Morgan fingerprint density at radius 3 is 2.72 bits per heavy atom. The summed E-state index contributed by atoms with van der Waals surface area (Å²) in [4.78, 5) is 0. The molecular weight excluding hydrogens is 222 g/mol. The molecule has 2 rings (SSSR count). The fourth-order valence-electron chi connectivity index (χ4n) is 3.28. The fraction of sp³-hybridized carbons (Fsp3) is 0.625. The van der Waals surface area contributed by atoms with Gasteiger partial charge < -0.3 is 10.5 Å².